The molecule has 0 fully saturated rings. The number of aryl methyl sites for hydroxylation is 1. The Labute approximate surface area is 99.4 Å². The van der Waals surface area contributed by atoms with Gasteiger partial charge in [-0.05, 0) is 49.3 Å². The van der Waals surface area contributed by atoms with E-state index in [1.165, 1.54) is 16.7 Å². The summed E-state index contributed by atoms with van der Waals surface area (Å²) >= 11 is 0. The third kappa shape index (κ3) is 3.41. The lowest BCUT2D eigenvalue weighted by molar-refractivity contribution is 0.573. The van der Waals surface area contributed by atoms with Crippen molar-refractivity contribution in [3.05, 3.63) is 41.5 Å². The molecule has 1 nitrogen and oxygen atoms in total. The van der Waals surface area contributed by atoms with Gasteiger partial charge in [-0.3, -0.25) is 0 Å². The van der Waals surface area contributed by atoms with Crippen LogP contribution in [0.4, 0.5) is 5.69 Å². The summed E-state index contributed by atoms with van der Waals surface area (Å²) < 4.78 is 0. The fourth-order valence-electron chi connectivity index (χ4n) is 2.25. The maximum Gasteiger partial charge on any atom is 0.0349 e. The Morgan fingerprint density at radius 3 is 2.69 bits per heavy atom. The van der Waals surface area contributed by atoms with Gasteiger partial charge in [-0.2, -0.15) is 0 Å². The van der Waals surface area contributed by atoms with Crippen LogP contribution in [0, 0.1) is 5.92 Å². The standard InChI is InChI=1S/C15H23N/c1-5-13-7-6-8-15(16)14(13)10-12(4)9-11(2)3/h6-8,12H,2,5,9-10,16H2,1,3-4H3. The highest BCUT2D eigenvalue weighted by molar-refractivity contribution is 5.51. The summed E-state index contributed by atoms with van der Waals surface area (Å²) in [4.78, 5) is 0. The average Bonchev–Trinajstić information content (AvgIpc) is 2.20. The van der Waals surface area contributed by atoms with Gasteiger partial charge in [0.15, 0.2) is 0 Å². The Morgan fingerprint density at radius 2 is 2.12 bits per heavy atom. The Bertz CT molecular complexity index is 366. The maximum absolute atomic E-state index is 6.05. The number of rotatable bonds is 5. The summed E-state index contributed by atoms with van der Waals surface area (Å²) in [7, 11) is 0. The minimum atomic E-state index is 0.618. The molecule has 1 rings (SSSR count). The summed E-state index contributed by atoms with van der Waals surface area (Å²) in [5.74, 6) is 0.618. The topological polar surface area (TPSA) is 26.0 Å². The second kappa shape index (κ2) is 5.74. The molecule has 0 heterocycles. The predicted molar refractivity (Wildman–Crippen MR) is 72.5 cm³/mol. The van der Waals surface area contributed by atoms with Crippen LogP contribution >= 0.6 is 0 Å². The van der Waals surface area contributed by atoms with E-state index in [0.29, 0.717) is 5.92 Å². The van der Waals surface area contributed by atoms with Crippen molar-refractivity contribution in [2.75, 3.05) is 5.73 Å². The average molecular weight is 217 g/mol. The van der Waals surface area contributed by atoms with Gasteiger partial charge in [0.1, 0.15) is 0 Å². The molecule has 0 aromatic heterocycles. The van der Waals surface area contributed by atoms with Gasteiger partial charge in [-0.15, -0.1) is 6.58 Å². The molecule has 0 amide bonds. The van der Waals surface area contributed by atoms with Crippen molar-refractivity contribution in [2.45, 2.75) is 40.0 Å². The highest BCUT2D eigenvalue weighted by atomic mass is 14.6. The molecule has 1 aromatic carbocycles. The van der Waals surface area contributed by atoms with E-state index in [1.807, 2.05) is 12.1 Å². The van der Waals surface area contributed by atoms with Crippen molar-refractivity contribution in [3.8, 4) is 0 Å². The molecule has 88 valence electrons. The number of allylic oxidation sites excluding steroid dienone is 1. The van der Waals surface area contributed by atoms with E-state index < -0.39 is 0 Å². The quantitative estimate of drug-likeness (QED) is 0.586. The molecule has 0 aliphatic heterocycles. The van der Waals surface area contributed by atoms with Gasteiger partial charge in [0, 0.05) is 5.69 Å². The van der Waals surface area contributed by atoms with Crippen LogP contribution in [0.15, 0.2) is 30.4 Å². The Morgan fingerprint density at radius 1 is 1.44 bits per heavy atom. The molecule has 1 unspecified atom stereocenters. The Balaban J connectivity index is 2.83. The first kappa shape index (κ1) is 12.8. The van der Waals surface area contributed by atoms with Crippen molar-refractivity contribution >= 4 is 5.69 Å². The van der Waals surface area contributed by atoms with E-state index >= 15 is 0 Å². The van der Waals surface area contributed by atoms with Gasteiger partial charge in [-0.25, -0.2) is 0 Å². The largest absolute Gasteiger partial charge is 0.398 e. The first-order valence-electron chi connectivity index (χ1n) is 6.05. The second-order valence-electron chi connectivity index (χ2n) is 4.81. The molecule has 1 heteroatoms. The highest BCUT2D eigenvalue weighted by Crippen LogP contribution is 2.23. The predicted octanol–water partition coefficient (Wildman–Crippen LogP) is 3.98. The van der Waals surface area contributed by atoms with Gasteiger partial charge in [0.2, 0.25) is 0 Å². The third-order valence-electron chi connectivity index (χ3n) is 2.94. The van der Waals surface area contributed by atoms with Crippen molar-refractivity contribution < 1.29 is 0 Å². The first-order chi connectivity index (χ1) is 7.54. The molecular formula is C15H23N. The van der Waals surface area contributed by atoms with Gasteiger partial charge >= 0.3 is 0 Å². The number of hydrogen-bond donors (Lipinski definition) is 1. The zero-order valence-corrected chi connectivity index (χ0v) is 10.7. The molecule has 0 saturated heterocycles. The van der Waals surface area contributed by atoms with Crippen LogP contribution in [-0.2, 0) is 12.8 Å². The van der Waals surface area contributed by atoms with Crippen LogP contribution in [0.25, 0.3) is 0 Å². The molecule has 2 N–H and O–H groups in total. The van der Waals surface area contributed by atoms with Gasteiger partial charge in [-0.1, -0.05) is 31.6 Å². The summed E-state index contributed by atoms with van der Waals surface area (Å²) in [6.45, 7) is 10.5. The molecule has 1 atom stereocenters. The fourth-order valence-corrected chi connectivity index (χ4v) is 2.25. The molecule has 16 heavy (non-hydrogen) atoms. The molecule has 0 aliphatic rings. The third-order valence-corrected chi connectivity index (χ3v) is 2.94. The number of anilines is 1. The Hall–Kier alpha value is -1.24. The van der Waals surface area contributed by atoms with Gasteiger partial charge < -0.3 is 5.73 Å². The van der Waals surface area contributed by atoms with Crippen LogP contribution in [0.2, 0.25) is 0 Å². The fraction of sp³-hybridized carbons (Fsp3) is 0.467. The summed E-state index contributed by atoms with van der Waals surface area (Å²) in [6, 6.07) is 6.22. The SMILES string of the molecule is C=C(C)CC(C)Cc1c(N)cccc1CC. The number of hydrogen-bond acceptors (Lipinski definition) is 1. The summed E-state index contributed by atoms with van der Waals surface area (Å²) in [5, 5.41) is 0. The molecule has 1 aromatic rings. The minimum Gasteiger partial charge on any atom is -0.398 e. The van der Waals surface area contributed by atoms with E-state index in [2.05, 4.69) is 33.4 Å². The lowest BCUT2D eigenvalue weighted by Gasteiger charge is -2.16. The first-order valence-corrected chi connectivity index (χ1v) is 6.05. The van der Waals surface area contributed by atoms with Crippen molar-refractivity contribution in [2.24, 2.45) is 5.92 Å². The lowest BCUT2D eigenvalue weighted by Crippen LogP contribution is -2.06. The number of benzene rings is 1. The number of nitrogen functional groups attached to an aromatic ring is 1. The Kier molecular flexibility index (Phi) is 4.60. The summed E-state index contributed by atoms with van der Waals surface area (Å²) in [5.41, 5.74) is 11.0. The lowest BCUT2D eigenvalue weighted by atomic mass is 9.91. The zero-order valence-electron chi connectivity index (χ0n) is 10.7. The van der Waals surface area contributed by atoms with E-state index in [1.54, 1.807) is 0 Å². The van der Waals surface area contributed by atoms with E-state index in [-0.39, 0.29) is 0 Å². The number of nitrogens with two attached hydrogens (primary N) is 1. The zero-order chi connectivity index (χ0) is 12.1. The molecule has 0 bridgehead atoms. The molecule has 0 aliphatic carbocycles. The van der Waals surface area contributed by atoms with Crippen molar-refractivity contribution in [1.82, 2.24) is 0 Å². The molecular weight excluding hydrogens is 194 g/mol. The van der Waals surface area contributed by atoms with Crippen LogP contribution in [-0.4, -0.2) is 0 Å². The van der Waals surface area contributed by atoms with Crippen LogP contribution in [0.5, 0.6) is 0 Å². The molecule has 0 saturated carbocycles. The second-order valence-corrected chi connectivity index (χ2v) is 4.81. The normalized spacial score (nSPS) is 12.4. The minimum absolute atomic E-state index is 0.618. The summed E-state index contributed by atoms with van der Waals surface area (Å²) in [6.07, 6.45) is 3.19. The van der Waals surface area contributed by atoms with Gasteiger partial charge in [0.05, 0.1) is 0 Å². The monoisotopic (exact) mass is 217 g/mol. The van der Waals surface area contributed by atoms with Crippen LogP contribution in [0.1, 0.15) is 38.3 Å². The van der Waals surface area contributed by atoms with E-state index in [4.69, 9.17) is 5.73 Å². The highest BCUT2D eigenvalue weighted by Gasteiger charge is 2.09. The molecule has 0 spiro atoms. The molecule has 0 radical (unpaired) electrons. The van der Waals surface area contributed by atoms with Crippen LogP contribution in [0.3, 0.4) is 0 Å². The van der Waals surface area contributed by atoms with E-state index in [9.17, 15) is 0 Å². The van der Waals surface area contributed by atoms with Crippen molar-refractivity contribution in [1.29, 1.82) is 0 Å². The van der Waals surface area contributed by atoms with E-state index in [0.717, 1.165) is 24.9 Å². The van der Waals surface area contributed by atoms with Crippen LogP contribution < -0.4 is 5.73 Å². The maximum atomic E-state index is 6.05. The smallest absolute Gasteiger partial charge is 0.0349 e. The van der Waals surface area contributed by atoms with Crippen molar-refractivity contribution in [3.63, 3.8) is 0 Å². The van der Waals surface area contributed by atoms with Gasteiger partial charge in [0.25, 0.3) is 0 Å².